The SMILES string of the molecule is COc1cc(C(CC(=O)NC(C(N)=O)c2ccc(O)cc2)c2c(O)cc3c(c2O)C(=O)OC(C)CCCC(=O)CCCC=C3)cc(OC)c1OC. The van der Waals surface area contributed by atoms with Gasteiger partial charge in [0.1, 0.15) is 34.6 Å². The van der Waals surface area contributed by atoms with Gasteiger partial charge < -0.3 is 45.3 Å². The van der Waals surface area contributed by atoms with Gasteiger partial charge in [-0.3, -0.25) is 14.4 Å². The number of benzene rings is 3. The maximum Gasteiger partial charge on any atom is 0.342 e. The Morgan fingerprint density at radius 3 is 2.20 bits per heavy atom. The van der Waals surface area contributed by atoms with Gasteiger partial charge >= 0.3 is 5.97 Å². The summed E-state index contributed by atoms with van der Waals surface area (Å²) < 4.78 is 22.3. The van der Waals surface area contributed by atoms with Crippen LogP contribution in [0.1, 0.15) is 96.4 Å². The predicted octanol–water partition coefficient (Wildman–Crippen LogP) is 5.18. The summed E-state index contributed by atoms with van der Waals surface area (Å²) >= 11 is 0. The van der Waals surface area contributed by atoms with Crippen LogP contribution >= 0.6 is 0 Å². The molecule has 2 amide bonds. The van der Waals surface area contributed by atoms with Crippen molar-refractivity contribution in [2.75, 3.05) is 21.3 Å². The van der Waals surface area contributed by atoms with Gasteiger partial charge in [0.2, 0.25) is 17.6 Å². The first-order valence-corrected chi connectivity index (χ1v) is 16.5. The normalized spacial score (nSPS) is 16.5. The molecule has 1 aliphatic heterocycles. The molecule has 4 rings (SSSR count). The van der Waals surface area contributed by atoms with Gasteiger partial charge in [-0.15, -0.1) is 0 Å². The fourth-order valence-electron chi connectivity index (χ4n) is 6.10. The molecular weight excluding hydrogens is 660 g/mol. The zero-order valence-corrected chi connectivity index (χ0v) is 29.1. The molecule has 51 heavy (non-hydrogen) atoms. The largest absolute Gasteiger partial charge is 0.508 e. The van der Waals surface area contributed by atoms with E-state index in [0.717, 1.165) is 0 Å². The van der Waals surface area contributed by atoms with Crippen molar-refractivity contribution in [1.29, 1.82) is 0 Å². The van der Waals surface area contributed by atoms with Gasteiger partial charge in [-0.25, -0.2) is 4.79 Å². The smallest absolute Gasteiger partial charge is 0.342 e. The quantitative estimate of drug-likeness (QED) is 0.174. The Morgan fingerprint density at radius 1 is 0.941 bits per heavy atom. The number of rotatable bonds is 10. The average molecular weight is 705 g/mol. The van der Waals surface area contributed by atoms with Crippen molar-refractivity contribution in [2.45, 2.75) is 69.9 Å². The summed E-state index contributed by atoms with van der Waals surface area (Å²) in [4.78, 5) is 52.2. The molecule has 13 nitrogen and oxygen atoms in total. The van der Waals surface area contributed by atoms with E-state index in [9.17, 15) is 34.5 Å². The van der Waals surface area contributed by atoms with E-state index in [1.54, 1.807) is 19.1 Å². The van der Waals surface area contributed by atoms with E-state index in [-0.39, 0.29) is 45.5 Å². The summed E-state index contributed by atoms with van der Waals surface area (Å²) in [6, 6.07) is 8.65. The summed E-state index contributed by atoms with van der Waals surface area (Å²) in [5.41, 5.74) is 6.03. The molecule has 0 saturated carbocycles. The van der Waals surface area contributed by atoms with Gasteiger partial charge in [0, 0.05) is 30.7 Å². The number of nitrogens with one attached hydrogen (secondary N) is 1. The minimum absolute atomic E-state index is 0.0537. The van der Waals surface area contributed by atoms with Gasteiger partial charge in [0.25, 0.3) is 0 Å². The highest BCUT2D eigenvalue weighted by atomic mass is 16.5. The zero-order chi connectivity index (χ0) is 37.2. The number of primary amides is 1. The molecule has 3 atom stereocenters. The summed E-state index contributed by atoms with van der Waals surface area (Å²) in [5.74, 6) is -3.94. The number of ether oxygens (including phenoxy) is 4. The number of phenolic OH excluding ortho intramolecular Hbond substituents is 3. The molecule has 272 valence electrons. The van der Waals surface area contributed by atoms with Gasteiger partial charge in [-0.05, 0) is 79.6 Å². The predicted molar refractivity (Wildman–Crippen MR) is 187 cm³/mol. The van der Waals surface area contributed by atoms with Crippen LogP contribution in [0.5, 0.6) is 34.5 Å². The number of phenols is 3. The summed E-state index contributed by atoms with van der Waals surface area (Å²) in [7, 11) is 4.22. The molecule has 13 heteroatoms. The lowest BCUT2D eigenvalue weighted by atomic mass is 9.84. The number of ketones is 1. The van der Waals surface area contributed by atoms with E-state index >= 15 is 0 Å². The summed E-state index contributed by atoms with van der Waals surface area (Å²) in [6.07, 6.45) is 5.06. The van der Waals surface area contributed by atoms with E-state index in [4.69, 9.17) is 24.7 Å². The number of nitrogens with two attached hydrogens (primary N) is 1. The highest BCUT2D eigenvalue weighted by Crippen LogP contribution is 2.48. The molecule has 0 aliphatic carbocycles. The maximum absolute atomic E-state index is 13.8. The monoisotopic (exact) mass is 704 g/mol. The lowest BCUT2D eigenvalue weighted by Crippen LogP contribution is -2.38. The number of esters is 1. The van der Waals surface area contributed by atoms with Crippen molar-refractivity contribution in [3.8, 4) is 34.5 Å². The molecule has 3 unspecified atom stereocenters. The van der Waals surface area contributed by atoms with E-state index < -0.39 is 53.8 Å². The van der Waals surface area contributed by atoms with Gasteiger partial charge in [-0.1, -0.05) is 24.3 Å². The Balaban J connectivity index is 1.88. The topological polar surface area (TPSA) is 204 Å². The lowest BCUT2D eigenvalue weighted by Gasteiger charge is -2.25. The molecule has 0 radical (unpaired) electrons. The number of cyclic esters (lactones) is 1. The molecular formula is C38H44N2O11. The van der Waals surface area contributed by atoms with Crippen molar-refractivity contribution in [3.63, 3.8) is 0 Å². The van der Waals surface area contributed by atoms with Crippen LogP contribution < -0.4 is 25.3 Å². The van der Waals surface area contributed by atoms with Crippen molar-refractivity contribution in [2.24, 2.45) is 5.73 Å². The van der Waals surface area contributed by atoms with Crippen LogP contribution in [0.15, 0.2) is 48.5 Å². The number of Topliss-reactive ketones (excluding diaryl/α,β-unsaturated/α-hetero) is 1. The second kappa shape index (κ2) is 17.3. The molecule has 6 N–H and O–H groups in total. The van der Waals surface area contributed by atoms with E-state index in [2.05, 4.69) is 5.32 Å². The minimum Gasteiger partial charge on any atom is -0.508 e. The molecule has 0 fully saturated rings. The molecule has 0 spiro atoms. The van der Waals surface area contributed by atoms with Crippen molar-refractivity contribution in [3.05, 3.63) is 76.4 Å². The Hall–Kier alpha value is -5.72. The van der Waals surface area contributed by atoms with Crippen LogP contribution in [0.3, 0.4) is 0 Å². The lowest BCUT2D eigenvalue weighted by molar-refractivity contribution is -0.127. The average Bonchev–Trinajstić information content (AvgIpc) is 3.09. The Kier molecular flexibility index (Phi) is 12.9. The molecule has 1 aliphatic rings. The highest BCUT2D eigenvalue weighted by Gasteiger charge is 2.33. The third-order valence-corrected chi connectivity index (χ3v) is 8.69. The minimum atomic E-state index is -1.29. The van der Waals surface area contributed by atoms with Gasteiger partial charge in [-0.2, -0.15) is 0 Å². The zero-order valence-electron chi connectivity index (χ0n) is 29.1. The van der Waals surface area contributed by atoms with Crippen LogP contribution in [0.4, 0.5) is 0 Å². The second-order valence-corrected chi connectivity index (χ2v) is 12.3. The molecule has 3 aromatic carbocycles. The molecule has 3 aromatic rings. The standard InChI is InChI=1S/C38H44N2O11/c1-21-9-8-12-25(41)11-7-5-6-10-23-17-28(43)33(35(45)32(23)38(47)51-21)27(24-18-29(48-2)36(50-4)30(19-24)49-3)20-31(44)40-34(37(39)46)22-13-15-26(42)16-14-22/h6,10,13-19,21,27,34,42-43,45H,5,7-9,11-12,20H2,1-4H3,(H2,39,46)(H,40,44). The number of allylic oxidation sites excluding steroid dienone is 1. The third-order valence-electron chi connectivity index (χ3n) is 8.69. The third kappa shape index (κ3) is 9.30. The second-order valence-electron chi connectivity index (χ2n) is 12.3. The van der Waals surface area contributed by atoms with Crippen LogP contribution in [-0.4, -0.2) is 66.3 Å². The summed E-state index contributed by atoms with van der Waals surface area (Å²) in [5, 5.41) is 35.8. The van der Waals surface area contributed by atoms with Crippen LogP contribution in [0.2, 0.25) is 0 Å². The number of carbonyl (C=O) groups excluding carboxylic acids is 4. The van der Waals surface area contributed by atoms with Crippen molar-refractivity contribution < 1.29 is 53.4 Å². The van der Waals surface area contributed by atoms with Gasteiger partial charge in [0.05, 0.1) is 27.4 Å². The first-order valence-electron chi connectivity index (χ1n) is 16.5. The highest BCUT2D eigenvalue weighted by molar-refractivity contribution is 5.98. The van der Waals surface area contributed by atoms with Crippen LogP contribution in [0, 0.1) is 0 Å². The number of amides is 2. The maximum atomic E-state index is 13.8. The Bertz CT molecular complexity index is 1760. The number of carbonyl (C=O) groups is 4. The number of methoxy groups -OCH3 is 3. The first kappa shape index (κ1) is 38.1. The van der Waals surface area contributed by atoms with Crippen molar-refractivity contribution >= 4 is 29.6 Å². The van der Waals surface area contributed by atoms with Crippen LogP contribution in [0.25, 0.3) is 6.08 Å². The van der Waals surface area contributed by atoms with Crippen LogP contribution in [-0.2, 0) is 19.1 Å². The molecule has 0 aromatic heterocycles. The number of aromatic hydroxyl groups is 3. The van der Waals surface area contributed by atoms with E-state index in [1.165, 1.54) is 63.8 Å². The molecule has 0 bridgehead atoms. The van der Waals surface area contributed by atoms with Gasteiger partial charge in [0.15, 0.2) is 11.5 Å². The molecule has 1 heterocycles. The summed E-state index contributed by atoms with van der Waals surface area (Å²) in [6.45, 7) is 1.69. The number of hydrogen-bond donors (Lipinski definition) is 5. The van der Waals surface area contributed by atoms with Crippen molar-refractivity contribution in [1.82, 2.24) is 5.32 Å². The fourth-order valence-corrected chi connectivity index (χ4v) is 6.10. The first-order chi connectivity index (χ1) is 24.4. The van der Waals surface area contributed by atoms with E-state index in [1.807, 2.05) is 0 Å². The molecule has 0 saturated heterocycles. The van der Waals surface area contributed by atoms with E-state index in [0.29, 0.717) is 49.7 Å². The Labute approximate surface area is 296 Å². The fraction of sp³-hybridized carbons (Fsp3) is 0.368. The Morgan fingerprint density at radius 2 is 1.59 bits per heavy atom. The number of hydrogen-bond acceptors (Lipinski definition) is 11. The number of fused-ring (bicyclic) bond motifs is 1.